The fraction of sp³-hybridized carbons (Fsp3) is 0.300. The number of carboxylic acid groups (broad SMARTS) is 1. The number of carbonyl (C=O) groups is 1. The van der Waals surface area contributed by atoms with E-state index < -0.39 is 32.1 Å². The predicted octanol–water partition coefficient (Wildman–Crippen LogP) is -1.55. The summed E-state index contributed by atoms with van der Waals surface area (Å²) in [5.74, 6) is -1.47. The number of benzene rings is 1. The van der Waals surface area contributed by atoms with E-state index in [4.69, 9.17) is 15.4 Å². The standard InChI is InChI=1S/C10H14N2O7S2/c11-20(16,17)7-2-1-3-8(6-7)21(18,19)12-5-4-9(13)10(14)15/h1-3,6,9,12-13H,4-5H2,(H,14,15)(H2,11,16,17). The number of aliphatic hydroxyl groups excluding tert-OH is 1. The Morgan fingerprint density at radius 2 is 1.81 bits per heavy atom. The van der Waals surface area contributed by atoms with Gasteiger partial charge in [0.05, 0.1) is 9.79 Å². The molecule has 1 unspecified atom stereocenters. The fourth-order valence-corrected chi connectivity index (χ4v) is 3.08. The van der Waals surface area contributed by atoms with E-state index in [1.54, 1.807) is 0 Å². The molecule has 0 amide bonds. The van der Waals surface area contributed by atoms with Gasteiger partial charge in [-0.15, -0.1) is 0 Å². The van der Waals surface area contributed by atoms with Gasteiger partial charge in [-0.1, -0.05) is 6.07 Å². The maximum atomic E-state index is 11.9. The summed E-state index contributed by atoms with van der Waals surface area (Å²) < 4.78 is 48.1. The van der Waals surface area contributed by atoms with Crippen molar-refractivity contribution >= 4 is 26.0 Å². The SMILES string of the molecule is NS(=O)(=O)c1cccc(S(=O)(=O)NCCC(O)C(=O)O)c1. The van der Waals surface area contributed by atoms with Crippen molar-refractivity contribution in [3.8, 4) is 0 Å². The highest BCUT2D eigenvalue weighted by atomic mass is 32.2. The van der Waals surface area contributed by atoms with Crippen molar-refractivity contribution in [2.24, 2.45) is 5.14 Å². The minimum atomic E-state index is -4.04. The van der Waals surface area contributed by atoms with Gasteiger partial charge < -0.3 is 10.2 Å². The van der Waals surface area contributed by atoms with Crippen LogP contribution in [0.3, 0.4) is 0 Å². The van der Waals surface area contributed by atoms with Crippen molar-refractivity contribution in [2.75, 3.05) is 6.54 Å². The van der Waals surface area contributed by atoms with Crippen molar-refractivity contribution in [1.82, 2.24) is 4.72 Å². The molecule has 0 spiro atoms. The summed E-state index contributed by atoms with van der Waals surface area (Å²) in [4.78, 5) is 9.67. The molecule has 118 valence electrons. The third-order valence-electron chi connectivity index (χ3n) is 2.44. The third kappa shape index (κ3) is 5.06. The van der Waals surface area contributed by atoms with Crippen LogP contribution in [0.25, 0.3) is 0 Å². The van der Waals surface area contributed by atoms with Gasteiger partial charge in [0, 0.05) is 6.54 Å². The van der Waals surface area contributed by atoms with Crippen LogP contribution in [0.1, 0.15) is 6.42 Å². The van der Waals surface area contributed by atoms with Crippen molar-refractivity contribution < 1.29 is 31.8 Å². The summed E-state index contributed by atoms with van der Waals surface area (Å²) in [6.45, 7) is -0.324. The minimum Gasteiger partial charge on any atom is -0.479 e. The van der Waals surface area contributed by atoms with E-state index in [0.717, 1.165) is 18.2 Å². The number of rotatable bonds is 7. The molecule has 0 saturated heterocycles. The first-order valence-electron chi connectivity index (χ1n) is 5.57. The number of hydrogen-bond acceptors (Lipinski definition) is 6. The van der Waals surface area contributed by atoms with Gasteiger partial charge in [0.15, 0.2) is 6.10 Å². The number of aliphatic hydroxyl groups is 1. The molecule has 0 saturated carbocycles. The maximum absolute atomic E-state index is 11.9. The summed E-state index contributed by atoms with van der Waals surface area (Å²) in [5, 5.41) is 22.4. The molecular formula is C10H14N2O7S2. The first-order valence-corrected chi connectivity index (χ1v) is 8.60. The first-order chi connectivity index (χ1) is 9.54. The maximum Gasteiger partial charge on any atom is 0.332 e. The predicted molar refractivity (Wildman–Crippen MR) is 71.3 cm³/mol. The van der Waals surface area contributed by atoms with E-state index in [0.29, 0.717) is 0 Å². The molecule has 0 fully saturated rings. The highest BCUT2D eigenvalue weighted by molar-refractivity contribution is 7.90. The number of carboxylic acids is 1. The van der Waals surface area contributed by atoms with Gasteiger partial charge in [0.1, 0.15) is 0 Å². The lowest BCUT2D eigenvalue weighted by Gasteiger charge is -2.09. The topological polar surface area (TPSA) is 164 Å². The molecular weight excluding hydrogens is 324 g/mol. The Hall–Kier alpha value is -1.53. The third-order valence-corrected chi connectivity index (χ3v) is 4.81. The Bertz CT molecular complexity index is 728. The summed E-state index contributed by atoms with van der Waals surface area (Å²) in [5.41, 5.74) is 0. The summed E-state index contributed by atoms with van der Waals surface area (Å²) in [6, 6.07) is 4.39. The molecule has 0 aliphatic carbocycles. The highest BCUT2D eigenvalue weighted by Crippen LogP contribution is 2.14. The van der Waals surface area contributed by atoms with Crippen LogP contribution in [0.4, 0.5) is 0 Å². The summed E-state index contributed by atoms with van der Waals surface area (Å²) >= 11 is 0. The molecule has 1 aromatic rings. The molecule has 1 aromatic carbocycles. The van der Waals surface area contributed by atoms with Gasteiger partial charge in [-0.3, -0.25) is 0 Å². The van der Waals surface area contributed by atoms with Crippen molar-refractivity contribution in [2.45, 2.75) is 22.3 Å². The van der Waals surface area contributed by atoms with E-state index in [1.807, 2.05) is 0 Å². The van der Waals surface area contributed by atoms with Gasteiger partial charge in [-0.25, -0.2) is 31.5 Å². The average Bonchev–Trinajstić information content (AvgIpc) is 2.37. The van der Waals surface area contributed by atoms with Crippen LogP contribution in [-0.2, 0) is 24.8 Å². The van der Waals surface area contributed by atoms with E-state index in [9.17, 15) is 21.6 Å². The highest BCUT2D eigenvalue weighted by Gasteiger charge is 2.19. The van der Waals surface area contributed by atoms with E-state index in [-0.39, 0.29) is 22.8 Å². The van der Waals surface area contributed by atoms with Gasteiger partial charge >= 0.3 is 5.97 Å². The van der Waals surface area contributed by atoms with Crippen molar-refractivity contribution in [3.63, 3.8) is 0 Å². The second-order valence-electron chi connectivity index (χ2n) is 4.06. The fourth-order valence-electron chi connectivity index (χ4n) is 1.36. The van der Waals surface area contributed by atoms with Crippen LogP contribution >= 0.6 is 0 Å². The normalized spacial score (nSPS) is 13.8. The zero-order chi connectivity index (χ0) is 16.3. The number of nitrogens with two attached hydrogens (primary N) is 1. The van der Waals surface area contributed by atoms with Crippen LogP contribution in [0, 0.1) is 0 Å². The van der Waals surface area contributed by atoms with Crippen LogP contribution in [0.15, 0.2) is 34.1 Å². The molecule has 0 aromatic heterocycles. The lowest BCUT2D eigenvalue weighted by Crippen LogP contribution is -2.30. The monoisotopic (exact) mass is 338 g/mol. The number of primary sulfonamides is 1. The largest absolute Gasteiger partial charge is 0.479 e. The quantitative estimate of drug-likeness (QED) is 0.467. The molecule has 0 aliphatic rings. The lowest BCUT2D eigenvalue weighted by molar-refractivity contribution is -0.146. The molecule has 21 heavy (non-hydrogen) atoms. The van der Waals surface area contributed by atoms with Crippen LogP contribution in [0.2, 0.25) is 0 Å². The number of aliphatic carboxylic acids is 1. The van der Waals surface area contributed by atoms with Crippen molar-refractivity contribution in [1.29, 1.82) is 0 Å². The molecule has 0 heterocycles. The Kier molecular flexibility index (Phi) is 5.42. The molecule has 9 nitrogen and oxygen atoms in total. The Morgan fingerprint density at radius 3 is 2.33 bits per heavy atom. The Morgan fingerprint density at radius 1 is 1.24 bits per heavy atom. The molecule has 0 bridgehead atoms. The van der Waals surface area contributed by atoms with Crippen LogP contribution in [-0.4, -0.2) is 45.7 Å². The van der Waals surface area contributed by atoms with Gasteiger partial charge in [0.25, 0.3) is 0 Å². The summed E-state index contributed by atoms with van der Waals surface area (Å²) in [6.07, 6.45) is -2.02. The van der Waals surface area contributed by atoms with E-state index in [2.05, 4.69) is 4.72 Å². The molecule has 1 rings (SSSR count). The van der Waals surface area contributed by atoms with Crippen molar-refractivity contribution in [3.05, 3.63) is 24.3 Å². The van der Waals surface area contributed by atoms with Gasteiger partial charge in [0.2, 0.25) is 20.0 Å². The smallest absolute Gasteiger partial charge is 0.332 e. The number of sulfonamides is 2. The average molecular weight is 338 g/mol. The molecule has 1 atom stereocenters. The molecule has 0 aliphatic heterocycles. The number of hydrogen-bond donors (Lipinski definition) is 4. The zero-order valence-corrected chi connectivity index (χ0v) is 12.3. The minimum absolute atomic E-state index is 0.324. The molecule has 5 N–H and O–H groups in total. The zero-order valence-electron chi connectivity index (χ0n) is 10.6. The van der Waals surface area contributed by atoms with Crippen LogP contribution < -0.4 is 9.86 Å². The second kappa shape index (κ2) is 6.49. The second-order valence-corrected chi connectivity index (χ2v) is 7.39. The van der Waals surface area contributed by atoms with E-state index >= 15 is 0 Å². The molecule has 0 radical (unpaired) electrons. The van der Waals surface area contributed by atoms with E-state index in [1.165, 1.54) is 6.07 Å². The first kappa shape index (κ1) is 17.5. The summed E-state index contributed by atoms with van der Waals surface area (Å²) in [7, 11) is -8.08. The lowest BCUT2D eigenvalue weighted by atomic mass is 10.3. The van der Waals surface area contributed by atoms with Gasteiger partial charge in [-0.2, -0.15) is 0 Å². The molecule has 11 heteroatoms. The number of nitrogens with one attached hydrogen (secondary N) is 1. The Labute approximate surface area is 121 Å². The van der Waals surface area contributed by atoms with Gasteiger partial charge in [-0.05, 0) is 24.6 Å². The Balaban J connectivity index is 2.87. The van der Waals surface area contributed by atoms with Crippen LogP contribution in [0.5, 0.6) is 0 Å².